The van der Waals surface area contributed by atoms with Crippen LogP contribution in [0, 0.1) is 12.3 Å². The lowest BCUT2D eigenvalue weighted by Gasteiger charge is -2.39. The molecule has 1 aromatic heterocycles. The van der Waals surface area contributed by atoms with Gasteiger partial charge in [0.15, 0.2) is 0 Å². The Kier molecular flexibility index (Phi) is 6.02. The number of aryl methyl sites for hydroxylation is 1. The molecule has 0 radical (unpaired) electrons. The number of carbonyl (C=O) groups excluding carboxylic acids is 2. The number of halogens is 1. The van der Waals surface area contributed by atoms with Crippen LogP contribution in [0.4, 0.5) is 5.69 Å². The number of nitrogens with one attached hydrogen (secondary N) is 2. The van der Waals surface area contributed by atoms with Crippen molar-refractivity contribution in [2.45, 2.75) is 26.3 Å². The summed E-state index contributed by atoms with van der Waals surface area (Å²) in [5, 5.41) is 3.22. The molecule has 3 heterocycles. The number of allylic oxidation sites excluding steroid dienone is 3. The average molecular weight is 492 g/mol. The topological polar surface area (TPSA) is 106 Å². The standard InChI is InChI=1S/C25H26ClN7O2/c1-16-13-27-22(29-16)14-32(2)23(35)17-6-8-18(9-7-17)30-24-28-15-25-12-19(34)10-11-33(26)21(25)5-3-4-20(25)31-24/h3-9,13H,10-12,14-15H2,1-2H3,(H,27,29)(H,28,30). The summed E-state index contributed by atoms with van der Waals surface area (Å²) in [7, 11) is 1.75. The van der Waals surface area contributed by atoms with Gasteiger partial charge in [-0.25, -0.2) is 15.0 Å². The molecule has 2 N–H and O–H groups in total. The summed E-state index contributed by atoms with van der Waals surface area (Å²) in [6, 6.07) is 7.18. The molecule has 10 heteroatoms. The van der Waals surface area contributed by atoms with E-state index < -0.39 is 5.41 Å². The van der Waals surface area contributed by atoms with Crippen LogP contribution >= 0.6 is 11.8 Å². The number of ketones is 1. The van der Waals surface area contributed by atoms with Crippen molar-refractivity contribution in [3.8, 4) is 0 Å². The molecule has 1 atom stereocenters. The number of guanidine groups is 1. The van der Waals surface area contributed by atoms with E-state index in [2.05, 4.69) is 20.3 Å². The SMILES string of the molecule is Cc1cnc(CN(C)C(=O)c2ccc(NC3=NCC45CC(=O)CCN(Cl)C4=CC=CC5=N3)cc2)[nH]1. The second-order valence-electron chi connectivity index (χ2n) is 9.06. The fourth-order valence-electron chi connectivity index (χ4n) is 4.62. The van der Waals surface area contributed by atoms with Crippen LogP contribution in [0.5, 0.6) is 0 Å². The lowest BCUT2D eigenvalue weighted by atomic mass is 9.72. The highest BCUT2D eigenvalue weighted by atomic mass is 35.5. The maximum atomic E-state index is 12.8. The van der Waals surface area contributed by atoms with Crippen LogP contribution in [0.15, 0.2) is 64.4 Å². The molecular weight excluding hydrogens is 466 g/mol. The number of aliphatic imine (C=N–C) groups is 2. The summed E-state index contributed by atoms with van der Waals surface area (Å²) >= 11 is 6.47. The van der Waals surface area contributed by atoms with E-state index in [0.717, 1.165) is 28.6 Å². The first kappa shape index (κ1) is 23.0. The van der Waals surface area contributed by atoms with Crippen molar-refractivity contribution in [3.05, 3.63) is 71.5 Å². The van der Waals surface area contributed by atoms with Crippen LogP contribution in [0.1, 0.15) is 34.7 Å². The Balaban J connectivity index is 1.28. The Morgan fingerprint density at radius 2 is 2.11 bits per heavy atom. The number of H-pyrrole nitrogens is 1. The fraction of sp³-hybridized carbons (Fsp3) is 0.320. The molecule has 0 bridgehead atoms. The van der Waals surface area contributed by atoms with Gasteiger partial charge in [-0.05, 0) is 43.3 Å². The number of benzene rings is 1. The number of aromatic amines is 1. The Morgan fingerprint density at radius 3 is 2.86 bits per heavy atom. The maximum absolute atomic E-state index is 12.8. The number of carbonyl (C=O) groups is 2. The summed E-state index contributed by atoms with van der Waals surface area (Å²) in [5.74, 6) is 1.25. The van der Waals surface area contributed by atoms with Gasteiger partial charge in [-0.1, -0.05) is 6.08 Å². The Morgan fingerprint density at radius 1 is 1.31 bits per heavy atom. The lowest BCUT2D eigenvalue weighted by molar-refractivity contribution is -0.119. The van der Waals surface area contributed by atoms with Gasteiger partial charge in [0, 0.05) is 67.0 Å². The molecule has 1 aromatic carbocycles. The van der Waals surface area contributed by atoms with E-state index in [1.807, 2.05) is 37.3 Å². The molecule has 0 saturated carbocycles. The highest BCUT2D eigenvalue weighted by Crippen LogP contribution is 2.43. The van der Waals surface area contributed by atoms with Crippen LogP contribution < -0.4 is 5.32 Å². The second kappa shape index (κ2) is 9.14. The first-order chi connectivity index (χ1) is 16.8. The summed E-state index contributed by atoms with van der Waals surface area (Å²) in [6.45, 7) is 3.18. The van der Waals surface area contributed by atoms with Crippen LogP contribution in [-0.4, -0.2) is 62.8 Å². The number of hydrogen-bond donors (Lipinski definition) is 2. The zero-order valence-corrected chi connectivity index (χ0v) is 20.3. The third-order valence-electron chi connectivity index (χ3n) is 6.44. The summed E-state index contributed by atoms with van der Waals surface area (Å²) in [6.07, 6.45) is 8.25. The van der Waals surface area contributed by atoms with Crippen molar-refractivity contribution in [1.82, 2.24) is 19.3 Å². The minimum atomic E-state index is -0.622. The summed E-state index contributed by atoms with van der Waals surface area (Å²) in [4.78, 5) is 43.6. The molecule has 2 aliphatic heterocycles. The number of anilines is 1. The Labute approximate surface area is 208 Å². The molecule has 2 aromatic rings. The molecule has 9 nitrogen and oxygen atoms in total. The maximum Gasteiger partial charge on any atom is 0.254 e. The van der Waals surface area contributed by atoms with Gasteiger partial charge in [0.2, 0.25) is 5.96 Å². The molecule has 1 fully saturated rings. The molecule has 1 saturated heterocycles. The van der Waals surface area contributed by atoms with Crippen molar-refractivity contribution in [2.24, 2.45) is 15.4 Å². The van der Waals surface area contributed by atoms with E-state index in [1.165, 1.54) is 0 Å². The molecule has 1 spiro atoms. The van der Waals surface area contributed by atoms with E-state index in [4.69, 9.17) is 16.8 Å². The molecular formula is C25H26ClN7O2. The first-order valence-corrected chi connectivity index (χ1v) is 11.8. The normalized spacial score (nSPS) is 21.3. The van der Waals surface area contributed by atoms with Crippen molar-refractivity contribution in [2.75, 3.05) is 25.5 Å². The predicted molar refractivity (Wildman–Crippen MR) is 135 cm³/mol. The van der Waals surface area contributed by atoms with Crippen molar-refractivity contribution in [3.63, 3.8) is 0 Å². The number of rotatable bonds is 4. The largest absolute Gasteiger partial charge is 0.345 e. The van der Waals surface area contributed by atoms with Gasteiger partial charge in [-0.2, -0.15) is 0 Å². The van der Waals surface area contributed by atoms with Gasteiger partial charge in [0.1, 0.15) is 11.6 Å². The number of imidazole rings is 1. The van der Waals surface area contributed by atoms with Crippen LogP contribution in [-0.2, 0) is 11.3 Å². The molecule has 1 amide bonds. The number of aromatic nitrogens is 2. The molecule has 35 heavy (non-hydrogen) atoms. The van der Waals surface area contributed by atoms with Crippen molar-refractivity contribution < 1.29 is 9.59 Å². The fourth-order valence-corrected chi connectivity index (χ4v) is 4.92. The van der Waals surface area contributed by atoms with Gasteiger partial charge >= 0.3 is 0 Å². The Hall–Kier alpha value is -3.72. The van der Waals surface area contributed by atoms with E-state index >= 15 is 0 Å². The van der Waals surface area contributed by atoms with Crippen LogP contribution in [0.25, 0.3) is 0 Å². The van der Waals surface area contributed by atoms with Crippen molar-refractivity contribution in [1.29, 1.82) is 0 Å². The van der Waals surface area contributed by atoms with E-state index in [0.29, 0.717) is 44.0 Å². The van der Waals surface area contributed by atoms with Crippen molar-refractivity contribution >= 4 is 40.8 Å². The Bertz CT molecular complexity index is 1290. The van der Waals surface area contributed by atoms with Gasteiger partial charge in [0.05, 0.1) is 24.2 Å². The number of amides is 1. The average Bonchev–Trinajstić information content (AvgIpc) is 3.21. The minimum Gasteiger partial charge on any atom is -0.345 e. The van der Waals surface area contributed by atoms with Gasteiger partial charge in [-0.3, -0.25) is 14.0 Å². The van der Waals surface area contributed by atoms with Crippen LogP contribution in [0.2, 0.25) is 0 Å². The predicted octanol–water partition coefficient (Wildman–Crippen LogP) is 3.47. The molecule has 1 aliphatic carbocycles. The zero-order chi connectivity index (χ0) is 24.6. The number of hydrogen-bond acceptors (Lipinski definition) is 7. The third-order valence-corrected chi connectivity index (χ3v) is 6.79. The molecule has 3 aliphatic rings. The van der Waals surface area contributed by atoms with Gasteiger partial charge in [0.25, 0.3) is 5.91 Å². The zero-order valence-electron chi connectivity index (χ0n) is 19.6. The summed E-state index contributed by atoms with van der Waals surface area (Å²) in [5.41, 5.74) is 3.30. The lowest BCUT2D eigenvalue weighted by Crippen LogP contribution is -2.44. The smallest absolute Gasteiger partial charge is 0.254 e. The second-order valence-corrected chi connectivity index (χ2v) is 9.47. The first-order valence-electron chi connectivity index (χ1n) is 11.4. The monoisotopic (exact) mass is 491 g/mol. The van der Waals surface area contributed by atoms with Gasteiger partial charge < -0.3 is 15.2 Å². The molecule has 180 valence electrons. The highest BCUT2D eigenvalue weighted by molar-refractivity contribution is 6.18. The summed E-state index contributed by atoms with van der Waals surface area (Å²) < 4.78 is 1.62. The molecule has 5 rings (SSSR count). The van der Waals surface area contributed by atoms with E-state index in [-0.39, 0.29) is 11.7 Å². The van der Waals surface area contributed by atoms with Crippen LogP contribution in [0.3, 0.4) is 0 Å². The molecule has 1 unspecified atom stereocenters. The van der Waals surface area contributed by atoms with E-state index in [9.17, 15) is 9.59 Å². The number of Topliss-reactive ketones (excluding diaryl/α,β-unsaturated/α-hetero) is 1. The van der Waals surface area contributed by atoms with Gasteiger partial charge in [-0.15, -0.1) is 0 Å². The van der Waals surface area contributed by atoms with E-state index in [1.54, 1.807) is 34.7 Å². The minimum absolute atomic E-state index is 0.0990. The third kappa shape index (κ3) is 4.51. The highest BCUT2D eigenvalue weighted by Gasteiger charge is 2.47. The quantitative estimate of drug-likeness (QED) is 0.637. The number of nitrogens with zero attached hydrogens (tertiary/aromatic N) is 5.